The van der Waals surface area contributed by atoms with Gasteiger partial charge in [-0.05, 0) is 82.1 Å². The molecule has 9 nitrogen and oxygen atoms in total. The highest BCUT2D eigenvalue weighted by atomic mass is 19.4. The molecule has 1 aromatic carbocycles. The lowest BCUT2D eigenvalue weighted by atomic mass is 9.77. The van der Waals surface area contributed by atoms with Crippen LogP contribution in [0.5, 0.6) is 0 Å². The monoisotopic (exact) mass is 629 g/mol. The van der Waals surface area contributed by atoms with Gasteiger partial charge in [0.1, 0.15) is 12.5 Å². The van der Waals surface area contributed by atoms with Crippen LogP contribution in [0.25, 0.3) is 11.2 Å². The van der Waals surface area contributed by atoms with Gasteiger partial charge in [-0.1, -0.05) is 6.07 Å². The number of hydrogen-bond donors (Lipinski definition) is 2. The number of carbonyl (C=O) groups excluding carboxylic acids is 2. The maximum Gasteiger partial charge on any atom is 0.406 e. The highest BCUT2D eigenvalue weighted by Crippen LogP contribution is 2.43. The molecule has 5 rings (SSSR count). The quantitative estimate of drug-likeness (QED) is 0.393. The Morgan fingerprint density at radius 2 is 1.89 bits per heavy atom. The minimum absolute atomic E-state index is 0.0166. The molecule has 2 saturated heterocycles. The molecular weight excluding hydrogens is 587 g/mol. The van der Waals surface area contributed by atoms with Crippen molar-refractivity contribution in [1.82, 2.24) is 29.7 Å². The molecule has 0 saturated carbocycles. The summed E-state index contributed by atoms with van der Waals surface area (Å²) in [6.45, 7) is -1.22. The number of amides is 3. The van der Waals surface area contributed by atoms with E-state index in [1.165, 1.54) is 24.6 Å². The van der Waals surface area contributed by atoms with Crippen LogP contribution in [-0.4, -0.2) is 73.6 Å². The van der Waals surface area contributed by atoms with E-state index >= 15 is 8.78 Å². The molecule has 4 heterocycles. The van der Waals surface area contributed by atoms with Crippen LogP contribution in [0.4, 0.5) is 26.7 Å². The summed E-state index contributed by atoms with van der Waals surface area (Å²) in [7, 11) is 0. The summed E-state index contributed by atoms with van der Waals surface area (Å²) >= 11 is 0. The molecule has 0 aliphatic carbocycles. The van der Waals surface area contributed by atoms with Crippen LogP contribution in [0, 0.1) is 25.5 Å². The van der Waals surface area contributed by atoms with Crippen LogP contribution < -0.4 is 11.0 Å². The standard InChI is InChI=1S/C30H35F5N6O3/c1-16-14-19(24(32)23(31)17(16)2)20-7-8-21(26(42)40(29(20,3)4)15-30(33,34)35)37-27(43)39-12-9-18(10-13-39)41-22-6-5-11-36-25(22)38-28(41)44/h5-6,11,14,18,20-21H,7-10,12-13,15H2,1-4H3,(H,37,43)(H,36,38,44)/t20-,21+/m0/s1/i7D2,8D2,15D2,21D. The number of H-pyrrole nitrogens is 1. The summed E-state index contributed by atoms with van der Waals surface area (Å²) in [6, 6.07) is -1.74. The summed E-state index contributed by atoms with van der Waals surface area (Å²) in [5.74, 6) is -8.21. The Balaban J connectivity index is 1.59. The topological polar surface area (TPSA) is 103 Å². The van der Waals surface area contributed by atoms with E-state index in [9.17, 15) is 27.6 Å². The molecule has 2 N–H and O–H groups in total. The summed E-state index contributed by atoms with van der Waals surface area (Å²) in [6.07, 6.45) is -12.1. The first-order chi connectivity index (χ1) is 23.2. The number of imidazole rings is 1. The normalized spacial score (nSPS) is 28.2. The second-order valence-electron chi connectivity index (χ2n) is 11.3. The van der Waals surface area contributed by atoms with E-state index in [0.29, 0.717) is 11.2 Å². The molecular formula is C30H35F5N6O3. The van der Waals surface area contributed by atoms with Gasteiger partial charge >= 0.3 is 17.9 Å². The number of carbonyl (C=O) groups is 2. The number of benzene rings is 1. The lowest BCUT2D eigenvalue weighted by molar-refractivity contribution is -0.172. The Morgan fingerprint density at radius 3 is 2.55 bits per heavy atom. The summed E-state index contributed by atoms with van der Waals surface area (Å²) in [4.78, 5) is 47.7. The zero-order chi connectivity index (χ0) is 38.4. The maximum atomic E-state index is 15.7. The van der Waals surface area contributed by atoms with Gasteiger partial charge in [0.25, 0.3) is 0 Å². The van der Waals surface area contributed by atoms with Crippen molar-refractivity contribution in [2.24, 2.45) is 0 Å². The number of fused-ring (bicyclic) bond motifs is 1. The lowest BCUT2D eigenvalue weighted by Gasteiger charge is -2.43. The second kappa shape index (κ2) is 11.5. The van der Waals surface area contributed by atoms with Crippen LogP contribution in [0.2, 0.25) is 0 Å². The predicted octanol–water partition coefficient (Wildman–Crippen LogP) is 5.08. The highest BCUT2D eigenvalue weighted by Gasteiger charge is 2.49. The number of aromatic nitrogens is 3. The molecule has 238 valence electrons. The lowest BCUT2D eigenvalue weighted by Crippen LogP contribution is -2.59. The first-order valence-electron chi connectivity index (χ1n) is 17.2. The van der Waals surface area contributed by atoms with Crippen molar-refractivity contribution in [3.8, 4) is 0 Å². The number of aromatic amines is 1. The first kappa shape index (κ1) is 23.4. The van der Waals surface area contributed by atoms with Crippen LogP contribution >= 0.6 is 0 Å². The first-order valence-corrected chi connectivity index (χ1v) is 13.7. The predicted molar refractivity (Wildman–Crippen MR) is 152 cm³/mol. The van der Waals surface area contributed by atoms with Crippen LogP contribution in [0.3, 0.4) is 0 Å². The number of aryl methyl sites for hydroxylation is 1. The van der Waals surface area contributed by atoms with Crippen LogP contribution in [0.15, 0.2) is 29.2 Å². The molecule has 2 aromatic heterocycles. The van der Waals surface area contributed by atoms with Gasteiger partial charge in [0.05, 0.1) is 9.63 Å². The van der Waals surface area contributed by atoms with Gasteiger partial charge in [-0.25, -0.2) is 23.4 Å². The number of rotatable bonds is 4. The van der Waals surface area contributed by atoms with E-state index in [4.69, 9.17) is 9.60 Å². The number of nitrogens with zero attached hydrogens (tertiary/aromatic N) is 4. The molecule has 3 aromatic rings. The Kier molecular flexibility index (Phi) is 6.13. The zero-order valence-electron chi connectivity index (χ0n) is 31.2. The molecule has 0 bridgehead atoms. The largest absolute Gasteiger partial charge is 0.406 e. The van der Waals surface area contributed by atoms with Crippen molar-refractivity contribution in [1.29, 1.82) is 0 Å². The summed E-state index contributed by atoms with van der Waals surface area (Å²) < 4.78 is 136. The molecule has 2 aliphatic rings. The number of alkyl halides is 3. The number of likely N-dealkylation sites (tertiary alicyclic amines) is 2. The third kappa shape index (κ3) is 5.77. The number of piperidine rings is 1. The van der Waals surface area contributed by atoms with Gasteiger partial charge in [-0.2, -0.15) is 13.2 Å². The Labute approximate surface area is 260 Å². The SMILES string of the molecule is [2H]C1([2H])[C@@H](c2cc(C)c(C)c(F)c2F)C(C)(C)N(C([2H])([2H])C(F)(F)F)C(=O)[C@]([2H])(NC(=O)N2CCC(n3c(=O)[nH]c4ncccc43)CC2)C1([2H])[2H]. The number of urea groups is 1. The summed E-state index contributed by atoms with van der Waals surface area (Å²) in [5, 5.41) is 1.76. The van der Waals surface area contributed by atoms with E-state index in [2.05, 4.69) is 9.97 Å². The number of halogens is 5. The molecule has 0 spiro atoms. The van der Waals surface area contributed by atoms with Crippen molar-refractivity contribution in [3.63, 3.8) is 0 Å². The highest BCUT2D eigenvalue weighted by molar-refractivity contribution is 5.88. The minimum Gasteiger partial charge on any atom is -0.326 e. The van der Waals surface area contributed by atoms with Crippen LogP contribution in [-0.2, 0) is 4.79 Å². The van der Waals surface area contributed by atoms with E-state index in [1.807, 2.05) is 0 Å². The zero-order valence-corrected chi connectivity index (χ0v) is 24.2. The van der Waals surface area contributed by atoms with Crippen molar-refractivity contribution in [2.75, 3.05) is 19.6 Å². The summed E-state index contributed by atoms with van der Waals surface area (Å²) in [5.41, 5.74) is -3.84. The fraction of sp³-hybridized carbons (Fsp3) is 0.533. The van der Waals surface area contributed by atoms with E-state index in [1.54, 1.807) is 17.4 Å². The van der Waals surface area contributed by atoms with Crippen molar-refractivity contribution in [2.45, 2.75) is 83.0 Å². The molecule has 44 heavy (non-hydrogen) atoms. The van der Waals surface area contributed by atoms with Gasteiger partial charge in [0, 0.05) is 42.3 Å². The smallest absolute Gasteiger partial charge is 0.326 e. The fourth-order valence-electron chi connectivity index (χ4n) is 5.66. The number of nitrogens with one attached hydrogen (secondary N) is 2. The third-order valence-electron chi connectivity index (χ3n) is 8.17. The van der Waals surface area contributed by atoms with Gasteiger partial charge in [0.15, 0.2) is 17.3 Å². The van der Waals surface area contributed by atoms with E-state index in [0.717, 1.165) is 24.8 Å². The van der Waals surface area contributed by atoms with Gasteiger partial charge in [-0.3, -0.25) is 14.3 Å². The number of hydrogen-bond acceptors (Lipinski definition) is 4. The fourth-order valence-corrected chi connectivity index (χ4v) is 5.66. The van der Waals surface area contributed by atoms with Crippen LogP contribution in [0.1, 0.15) is 77.7 Å². The van der Waals surface area contributed by atoms with E-state index in [-0.39, 0.29) is 37.1 Å². The Morgan fingerprint density at radius 1 is 1.20 bits per heavy atom. The maximum absolute atomic E-state index is 15.7. The molecule has 2 aliphatic heterocycles. The molecule has 2 atom stereocenters. The minimum atomic E-state index is -5.94. The van der Waals surface area contributed by atoms with Gasteiger partial charge < -0.3 is 15.1 Å². The second-order valence-corrected chi connectivity index (χ2v) is 11.3. The van der Waals surface area contributed by atoms with Gasteiger partial charge in [-0.15, -0.1) is 0 Å². The van der Waals surface area contributed by atoms with Crippen molar-refractivity contribution < 1.29 is 41.1 Å². The average Bonchev–Trinajstić information content (AvgIpc) is 3.35. The molecule has 2 fully saturated rings. The third-order valence-corrected chi connectivity index (χ3v) is 8.17. The van der Waals surface area contributed by atoms with Crippen molar-refractivity contribution >= 4 is 23.1 Å². The average molecular weight is 630 g/mol. The molecule has 0 radical (unpaired) electrons. The molecule has 14 heteroatoms. The molecule has 0 unspecified atom stereocenters. The number of pyridine rings is 1. The van der Waals surface area contributed by atoms with Crippen molar-refractivity contribution in [3.05, 3.63) is 63.2 Å². The van der Waals surface area contributed by atoms with Gasteiger partial charge in [0.2, 0.25) is 5.91 Å². The Bertz CT molecular complexity index is 1960. The molecule has 3 amide bonds. The Hall–Kier alpha value is -3.97. The van der Waals surface area contributed by atoms with E-state index < -0.39 is 88.7 Å².